The first kappa shape index (κ1) is 16.9. The van der Waals surface area contributed by atoms with Crippen molar-refractivity contribution in [1.29, 1.82) is 0 Å². The molecular weight excluding hydrogens is 342 g/mol. The predicted molar refractivity (Wildman–Crippen MR) is 87.9 cm³/mol. The monoisotopic (exact) mass is 359 g/mol. The van der Waals surface area contributed by atoms with E-state index < -0.39 is 0 Å². The Morgan fingerprint density at radius 1 is 1.50 bits per heavy atom. The highest BCUT2D eigenvalue weighted by Gasteiger charge is 2.09. The van der Waals surface area contributed by atoms with Gasteiger partial charge < -0.3 is 20.3 Å². The van der Waals surface area contributed by atoms with Crippen molar-refractivity contribution in [2.75, 3.05) is 39.2 Å². The van der Waals surface area contributed by atoms with Gasteiger partial charge >= 0.3 is 0 Å². The zero-order valence-electron chi connectivity index (χ0n) is 11.5. The van der Waals surface area contributed by atoms with Crippen molar-refractivity contribution in [3.8, 4) is 0 Å². The molecule has 0 atom stereocenters. The summed E-state index contributed by atoms with van der Waals surface area (Å²) >= 11 is 8.64. The van der Waals surface area contributed by atoms with E-state index in [1.165, 1.54) is 0 Å². The SMILES string of the molecule is COCCNC(=O)CN(C)C(=S)Nc1cccc(Br)c1. The van der Waals surface area contributed by atoms with Crippen LogP contribution in [0, 0.1) is 0 Å². The van der Waals surface area contributed by atoms with Crippen LogP contribution in [-0.4, -0.2) is 49.8 Å². The average molecular weight is 360 g/mol. The van der Waals surface area contributed by atoms with Crippen molar-refractivity contribution < 1.29 is 9.53 Å². The summed E-state index contributed by atoms with van der Waals surface area (Å²) < 4.78 is 5.83. The maximum absolute atomic E-state index is 11.6. The first-order chi connectivity index (χ1) is 9.52. The topological polar surface area (TPSA) is 53.6 Å². The van der Waals surface area contributed by atoms with Crippen LogP contribution in [0.4, 0.5) is 5.69 Å². The van der Waals surface area contributed by atoms with Gasteiger partial charge in [0.25, 0.3) is 0 Å². The number of hydrogen-bond acceptors (Lipinski definition) is 3. The molecule has 0 heterocycles. The van der Waals surface area contributed by atoms with Crippen molar-refractivity contribution in [3.63, 3.8) is 0 Å². The van der Waals surface area contributed by atoms with Crippen LogP contribution in [0.1, 0.15) is 0 Å². The predicted octanol–water partition coefficient (Wildman–Crippen LogP) is 1.84. The lowest BCUT2D eigenvalue weighted by molar-refractivity contribution is -0.121. The van der Waals surface area contributed by atoms with E-state index in [0.29, 0.717) is 18.3 Å². The zero-order valence-corrected chi connectivity index (χ0v) is 13.9. The fraction of sp³-hybridized carbons (Fsp3) is 0.385. The molecule has 0 aliphatic carbocycles. The van der Waals surface area contributed by atoms with Crippen LogP contribution >= 0.6 is 28.1 Å². The number of nitrogens with one attached hydrogen (secondary N) is 2. The van der Waals surface area contributed by atoms with Gasteiger partial charge in [-0.25, -0.2) is 0 Å². The van der Waals surface area contributed by atoms with Crippen molar-refractivity contribution in [1.82, 2.24) is 10.2 Å². The van der Waals surface area contributed by atoms with Crippen LogP contribution in [0.3, 0.4) is 0 Å². The van der Waals surface area contributed by atoms with Gasteiger partial charge in [0.15, 0.2) is 5.11 Å². The molecule has 20 heavy (non-hydrogen) atoms. The highest BCUT2D eigenvalue weighted by Crippen LogP contribution is 2.15. The van der Waals surface area contributed by atoms with Gasteiger partial charge in [0.05, 0.1) is 13.2 Å². The molecule has 1 aromatic rings. The minimum atomic E-state index is -0.0945. The lowest BCUT2D eigenvalue weighted by Gasteiger charge is -2.20. The van der Waals surface area contributed by atoms with Gasteiger partial charge in [0, 0.05) is 30.9 Å². The molecule has 0 aliphatic heterocycles. The largest absolute Gasteiger partial charge is 0.383 e. The standard InChI is InChI=1S/C13H18BrN3O2S/c1-17(9-12(18)15-6-7-19-2)13(20)16-11-5-3-4-10(14)8-11/h3-5,8H,6-7,9H2,1-2H3,(H,15,18)(H,16,20). The maximum atomic E-state index is 11.6. The highest BCUT2D eigenvalue weighted by atomic mass is 79.9. The van der Waals surface area contributed by atoms with Crippen LogP contribution in [0.2, 0.25) is 0 Å². The van der Waals surface area contributed by atoms with Gasteiger partial charge in [-0.05, 0) is 30.4 Å². The van der Waals surface area contributed by atoms with Crippen LogP contribution in [0.15, 0.2) is 28.7 Å². The number of amides is 1. The first-order valence-corrected chi connectivity index (χ1v) is 7.26. The molecule has 1 rings (SSSR count). The van der Waals surface area contributed by atoms with Gasteiger partial charge in [0.1, 0.15) is 0 Å². The van der Waals surface area contributed by atoms with Crippen molar-refractivity contribution in [3.05, 3.63) is 28.7 Å². The summed E-state index contributed by atoms with van der Waals surface area (Å²) in [6, 6.07) is 7.66. The maximum Gasteiger partial charge on any atom is 0.239 e. The number of carbonyl (C=O) groups is 1. The summed E-state index contributed by atoms with van der Waals surface area (Å²) in [7, 11) is 3.36. The Balaban J connectivity index is 2.41. The van der Waals surface area contributed by atoms with Crippen LogP contribution in [-0.2, 0) is 9.53 Å². The number of ether oxygens (including phenoxy) is 1. The van der Waals surface area contributed by atoms with Crippen molar-refractivity contribution in [2.24, 2.45) is 0 Å². The van der Waals surface area contributed by atoms with E-state index in [-0.39, 0.29) is 12.5 Å². The third kappa shape index (κ3) is 6.31. The summed E-state index contributed by atoms with van der Waals surface area (Å²) in [4.78, 5) is 13.3. The van der Waals surface area contributed by atoms with Crippen LogP contribution in [0.25, 0.3) is 0 Å². The van der Waals surface area contributed by atoms with Gasteiger partial charge in [-0.3, -0.25) is 4.79 Å². The van der Waals surface area contributed by atoms with E-state index in [1.807, 2.05) is 24.3 Å². The number of methoxy groups -OCH3 is 1. The molecule has 0 aliphatic rings. The Labute approximate surface area is 132 Å². The van der Waals surface area contributed by atoms with Gasteiger partial charge in [-0.15, -0.1) is 0 Å². The summed E-state index contributed by atoms with van der Waals surface area (Å²) in [5.74, 6) is -0.0945. The third-order valence-corrected chi connectivity index (χ3v) is 3.34. The van der Waals surface area contributed by atoms with Gasteiger partial charge in [-0.2, -0.15) is 0 Å². The molecule has 0 saturated carbocycles. The second-order valence-corrected chi connectivity index (χ2v) is 5.44. The molecule has 0 radical (unpaired) electrons. The number of rotatable bonds is 6. The third-order valence-electron chi connectivity index (χ3n) is 2.43. The number of halogens is 1. The molecule has 0 bridgehead atoms. The highest BCUT2D eigenvalue weighted by molar-refractivity contribution is 9.10. The molecule has 7 heteroatoms. The molecule has 0 saturated heterocycles. The zero-order chi connectivity index (χ0) is 15.0. The fourth-order valence-electron chi connectivity index (χ4n) is 1.42. The molecule has 110 valence electrons. The number of benzene rings is 1. The Morgan fingerprint density at radius 2 is 2.25 bits per heavy atom. The first-order valence-electron chi connectivity index (χ1n) is 6.06. The molecule has 2 N–H and O–H groups in total. The van der Waals surface area contributed by atoms with E-state index in [4.69, 9.17) is 17.0 Å². The quantitative estimate of drug-likeness (QED) is 0.599. The summed E-state index contributed by atoms with van der Waals surface area (Å²) in [6.07, 6.45) is 0. The molecule has 0 fully saturated rings. The lowest BCUT2D eigenvalue weighted by Crippen LogP contribution is -2.41. The normalized spacial score (nSPS) is 9.95. The molecule has 0 spiro atoms. The Morgan fingerprint density at radius 3 is 2.90 bits per heavy atom. The average Bonchev–Trinajstić information content (AvgIpc) is 2.38. The summed E-state index contributed by atoms with van der Waals surface area (Å²) in [5.41, 5.74) is 0.871. The van der Waals surface area contributed by atoms with Crippen LogP contribution in [0.5, 0.6) is 0 Å². The van der Waals surface area contributed by atoms with Crippen molar-refractivity contribution >= 4 is 44.9 Å². The van der Waals surface area contributed by atoms with E-state index >= 15 is 0 Å². The number of likely N-dealkylation sites (N-methyl/N-ethyl adjacent to an activating group) is 1. The smallest absolute Gasteiger partial charge is 0.239 e. The van der Waals surface area contributed by atoms with Gasteiger partial charge in [-0.1, -0.05) is 22.0 Å². The Bertz CT molecular complexity index is 471. The minimum absolute atomic E-state index is 0.0945. The van der Waals surface area contributed by atoms with E-state index in [1.54, 1.807) is 19.1 Å². The molecule has 1 amide bonds. The molecule has 1 aromatic carbocycles. The van der Waals surface area contributed by atoms with Gasteiger partial charge in [0.2, 0.25) is 5.91 Å². The fourth-order valence-corrected chi connectivity index (χ4v) is 2.00. The van der Waals surface area contributed by atoms with Crippen molar-refractivity contribution in [2.45, 2.75) is 0 Å². The summed E-state index contributed by atoms with van der Waals surface area (Å²) in [5, 5.41) is 6.31. The minimum Gasteiger partial charge on any atom is -0.383 e. The lowest BCUT2D eigenvalue weighted by atomic mass is 10.3. The number of carbonyl (C=O) groups excluding carboxylic acids is 1. The Kier molecular flexibility index (Phi) is 7.50. The number of nitrogens with zero attached hydrogens (tertiary/aromatic N) is 1. The van der Waals surface area contributed by atoms with E-state index in [0.717, 1.165) is 10.2 Å². The Hall–Kier alpha value is -1.18. The summed E-state index contributed by atoms with van der Waals surface area (Å²) in [6.45, 7) is 1.19. The second-order valence-electron chi connectivity index (χ2n) is 4.14. The molecule has 0 unspecified atom stereocenters. The van der Waals surface area contributed by atoms with E-state index in [2.05, 4.69) is 26.6 Å². The molecule has 0 aromatic heterocycles. The number of thiocarbonyl (C=S) groups is 1. The number of hydrogen-bond donors (Lipinski definition) is 2. The molecule has 5 nitrogen and oxygen atoms in total. The second kappa shape index (κ2) is 8.89. The van der Waals surface area contributed by atoms with E-state index in [9.17, 15) is 4.79 Å². The number of anilines is 1. The van der Waals surface area contributed by atoms with Crippen LogP contribution < -0.4 is 10.6 Å². The molecular formula is C13H18BrN3O2S.